The summed E-state index contributed by atoms with van der Waals surface area (Å²) in [6, 6.07) is 8.51. The van der Waals surface area contributed by atoms with Gasteiger partial charge in [0.05, 0.1) is 4.47 Å². The number of aryl methyl sites for hydroxylation is 1. The molecule has 0 saturated carbocycles. The van der Waals surface area contributed by atoms with Gasteiger partial charge in [-0.25, -0.2) is 4.98 Å². The van der Waals surface area contributed by atoms with E-state index in [0.29, 0.717) is 10.6 Å². The van der Waals surface area contributed by atoms with Crippen molar-refractivity contribution in [3.63, 3.8) is 0 Å². The van der Waals surface area contributed by atoms with E-state index in [2.05, 4.69) is 70.9 Å². The third-order valence-electron chi connectivity index (χ3n) is 3.29. The zero-order valence-electron chi connectivity index (χ0n) is 12.0. The Bertz CT molecular complexity index is 645. The SMILES string of the molecule is CCCc1[nH]c(-c2ccc(C(C)C)cc2)nc(=S)c1Br. The van der Waals surface area contributed by atoms with Gasteiger partial charge in [0.1, 0.15) is 10.5 Å². The summed E-state index contributed by atoms with van der Waals surface area (Å²) in [6.45, 7) is 6.54. The third-order valence-corrected chi connectivity index (χ3v) is 4.70. The summed E-state index contributed by atoms with van der Waals surface area (Å²) < 4.78 is 1.53. The molecule has 0 aliphatic heterocycles. The first kappa shape index (κ1) is 15.4. The van der Waals surface area contributed by atoms with E-state index >= 15 is 0 Å². The summed E-state index contributed by atoms with van der Waals surface area (Å²) in [7, 11) is 0. The Kier molecular flexibility index (Phi) is 5.11. The molecule has 1 heterocycles. The minimum atomic E-state index is 0.538. The predicted octanol–water partition coefficient (Wildman–Crippen LogP) is 5.64. The van der Waals surface area contributed by atoms with Gasteiger partial charge in [0.15, 0.2) is 0 Å². The van der Waals surface area contributed by atoms with Gasteiger partial charge in [-0.15, -0.1) is 0 Å². The molecule has 0 fully saturated rings. The second kappa shape index (κ2) is 6.64. The number of rotatable bonds is 4. The molecule has 0 aliphatic carbocycles. The van der Waals surface area contributed by atoms with Crippen LogP contribution >= 0.6 is 28.1 Å². The first-order valence-corrected chi connectivity index (χ1v) is 8.12. The fraction of sp³-hybridized carbons (Fsp3) is 0.375. The van der Waals surface area contributed by atoms with Crippen molar-refractivity contribution in [2.45, 2.75) is 39.5 Å². The lowest BCUT2D eigenvalue weighted by Gasteiger charge is -2.09. The first-order chi connectivity index (χ1) is 9.52. The highest BCUT2D eigenvalue weighted by Gasteiger charge is 2.08. The number of benzene rings is 1. The predicted molar refractivity (Wildman–Crippen MR) is 90.6 cm³/mol. The monoisotopic (exact) mass is 350 g/mol. The van der Waals surface area contributed by atoms with Crippen LogP contribution in [0.1, 0.15) is 44.4 Å². The van der Waals surface area contributed by atoms with Crippen LogP contribution in [-0.4, -0.2) is 9.97 Å². The van der Waals surface area contributed by atoms with E-state index in [-0.39, 0.29) is 0 Å². The van der Waals surface area contributed by atoms with E-state index in [1.165, 1.54) is 5.56 Å². The van der Waals surface area contributed by atoms with Crippen molar-refractivity contribution in [1.82, 2.24) is 9.97 Å². The highest BCUT2D eigenvalue weighted by Crippen LogP contribution is 2.24. The van der Waals surface area contributed by atoms with Gasteiger partial charge in [0.2, 0.25) is 0 Å². The Labute approximate surface area is 133 Å². The molecule has 20 heavy (non-hydrogen) atoms. The minimum Gasteiger partial charge on any atom is -0.342 e. The standard InChI is InChI=1S/C16H19BrN2S/c1-4-5-13-14(17)16(20)19-15(18-13)12-8-6-11(7-9-12)10(2)3/h6-10H,4-5H2,1-3H3,(H,18,19,20). The highest BCUT2D eigenvalue weighted by atomic mass is 79.9. The normalized spacial score (nSPS) is 11.1. The van der Waals surface area contributed by atoms with Gasteiger partial charge in [-0.2, -0.15) is 0 Å². The van der Waals surface area contributed by atoms with Crippen molar-refractivity contribution in [2.75, 3.05) is 0 Å². The highest BCUT2D eigenvalue weighted by molar-refractivity contribution is 9.10. The number of hydrogen-bond donors (Lipinski definition) is 1. The van der Waals surface area contributed by atoms with Crippen LogP contribution in [-0.2, 0) is 6.42 Å². The van der Waals surface area contributed by atoms with Gasteiger partial charge in [0.25, 0.3) is 0 Å². The average Bonchev–Trinajstić information content (AvgIpc) is 2.44. The van der Waals surface area contributed by atoms with Crippen molar-refractivity contribution in [2.24, 2.45) is 0 Å². The number of nitrogens with zero attached hydrogens (tertiary/aromatic N) is 1. The van der Waals surface area contributed by atoms with E-state index in [1.54, 1.807) is 0 Å². The molecule has 2 rings (SSSR count). The molecule has 4 heteroatoms. The molecule has 106 valence electrons. The van der Waals surface area contributed by atoms with Crippen LogP contribution < -0.4 is 0 Å². The van der Waals surface area contributed by atoms with Crippen LogP contribution in [0, 0.1) is 4.64 Å². The Morgan fingerprint density at radius 2 is 1.90 bits per heavy atom. The molecule has 0 unspecified atom stereocenters. The second-order valence-corrected chi connectivity index (χ2v) is 6.39. The number of H-pyrrole nitrogens is 1. The Hall–Kier alpha value is -1.00. The van der Waals surface area contributed by atoms with Crippen molar-refractivity contribution >= 4 is 28.1 Å². The van der Waals surface area contributed by atoms with Gasteiger partial charge in [-0.1, -0.05) is 63.7 Å². The first-order valence-electron chi connectivity index (χ1n) is 6.92. The maximum Gasteiger partial charge on any atom is 0.144 e. The molecule has 0 saturated heterocycles. The summed E-state index contributed by atoms with van der Waals surface area (Å²) in [6.07, 6.45) is 2.03. The molecule has 0 bridgehead atoms. The largest absolute Gasteiger partial charge is 0.342 e. The maximum atomic E-state index is 5.33. The van der Waals surface area contributed by atoms with Gasteiger partial charge >= 0.3 is 0 Å². The van der Waals surface area contributed by atoms with Crippen LogP contribution in [0.5, 0.6) is 0 Å². The third kappa shape index (κ3) is 3.36. The van der Waals surface area contributed by atoms with Gasteiger partial charge in [-0.3, -0.25) is 0 Å². The van der Waals surface area contributed by atoms with Crippen molar-refractivity contribution in [3.8, 4) is 11.4 Å². The average molecular weight is 351 g/mol. The number of aromatic nitrogens is 2. The fourth-order valence-electron chi connectivity index (χ4n) is 2.09. The summed E-state index contributed by atoms with van der Waals surface area (Å²) in [5, 5.41) is 0. The molecule has 1 aromatic carbocycles. The van der Waals surface area contributed by atoms with Gasteiger partial charge in [-0.05, 0) is 33.8 Å². The molecule has 0 radical (unpaired) electrons. The van der Waals surface area contributed by atoms with E-state index in [0.717, 1.165) is 34.4 Å². The lowest BCUT2D eigenvalue weighted by atomic mass is 10.0. The molecule has 0 atom stereocenters. The summed E-state index contributed by atoms with van der Waals surface area (Å²) in [5.74, 6) is 1.38. The zero-order valence-corrected chi connectivity index (χ0v) is 14.4. The molecule has 1 aromatic heterocycles. The van der Waals surface area contributed by atoms with Gasteiger partial charge < -0.3 is 4.98 Å². The quantitative estimate of drug-likeness (QED) is 0.722. The second-order valence-electron chi connectivity index (χ2n) is 5.21. The molecular weight excluding hydrogens is 332 g/mol. The van der Waals surface area contributed by atoms with Gasteiger partial charge in [0, 0.05) is 11.3 Å². The van der Waals surface area contributed by atoms with Crippen LogP contribution in [0.2, 0.25) is 0 Å². The lowest BCUT2D eigenvalue weighted by Crippen LogP contribution is -1.98. The smallest absolute Gasteiger partial charge is 0.144 e. The molecule has 0 spiro atoms. The van der Waals surface area contributed by atoms with Crippen molar-refractivity contribution < 1.29 is 0 Å². The van der Waals surface area contributed by atoms with E-state index in [9.17, 15) is 0 Å². The summed E-state index contributed by atoms with van der Waals surface area (Å²) >= 11 is 8.85. The number of hydrogen-bond acceptors (Lipinski definition) is 2. The van der Waals surface area contributed by atoms with Crippen molar-refractivity contribution in [3.05, 3.63) is 44.6 Å². The molecule has 2 nitrogen and oxygen atoms in total. The zero-order chi connectivity index (χ0) is 14.7. The molecule has 2 aromatic rings. The Morgan fingerprint density at radius 3 is 2.45 bits per heavy atom. The molecule has 0 amide bonds. The molecular formula is C16H19BrN2S. The molecule has 1 N–H and O–H groups in total. The lowest BCUT2D eigenvalue weighted by molar-refractivity contribution is 0.862. The van der Waals surface area contributed by atoms with Crippen LogP contribution in [0.4, 0.5) is 0 Å². The topological polar surface area (TPSA) is 28.7 Å². The Balaban J connectivity index is 2.44. The van der Waals surface area contributed by atoms with E-state index in [4.69, 9.17) is 12.2 Å². The maximum absolute atomic E-state index is 5.33. The van der Waals surface area contributed by atoms with Crippen LogP contribution in [0.3, 0.4) is 0 Å². The Morgan fingerprint density at radius 1 is 1.25 bits per heavy atom. The number of nitrogens with one attached hydrogen (secondary N) is 1. The van der Waals surface area contributed by atoms with E-state index in [1.807, 2.05) is 0 Å². The molecule has 0 aliphatic rings. The van der Waals surface area contributed by atoms with Crippen LogP contribution in [0.25, 0.3) is 11.4 Å². The fourth-order valence-corrected chi connectivity index (χ4v) is 2.69. The van der Waals surface area contributed by atoms with Crippen molar-refractivity contribution in [1.29, 1.82) is 0 Å². The number of aromatic amines is 1. The van der Waals surface area contributed by atoms with E-state index < -0.39 is 0 Å². The summed E-state index contributed by atoms with van der Waals surface area (Å²) in [5.41, 5.74) is 3.53. The minimum absolute atomic E-state index is 0.538. The summed E-state index contributed by atoms with van der Waals surface area (Å²) in [4.78, 5) is 7.87. The van der Waals surface area contributed by atoms with Crippen LogP contribution in [0.15, 0.2) is 28.7 Å². The number of halogens is 1.